The number of primary amides is 1. The number of rotatable bonds is 20. The highest BCUT2D eigenvalue weighted by Gasteiger charge is 2.44. The Hall–Kier alpha value is -9.84. The van der Waals surface area contributed by atoms with E-state index in [2.05, 4.69) is 89.1 Å². The number of aromatic nitrogens is 4. The zero-order valence-electron chi connectivity index (χ0n) is 64.0. The summed E-state index contributed by atoms with van der Waals surface area (Å²) in [5.74, 6) is -22.8. The van der Waals surface area contributed by atoms with Crippen molar-refractivity contribution in [3.63, 3.8) is 0 Å². The van der Waals surface area contributed by atoms with Crippen molar-refractivity contribution in [1.29, 1.82) is 0 Å². The zero-order valence-corrected chi connectivity index (χ0v) is 67.3. The molecular weight excluding hydrogens is 1590 g/mol. The van der Waals surface area contributed by atoms with Gasteiger partial charge in [-0.1, -0.05) is 77.3 Å². The highest BCUT2D eigenvalue weighted by molar-refractivity contribution is 8.77. The highest BCUT2D eigenvalue weighted by atomic mass is 33.1. The van der Waals surface area contributed by atoms with Crippen LogP contribution in [0.5, 0.6) is 0 Å². The van der Waals surface area contributed by atoms with Gasteiger partial charge in [0.25, 0.3) is 0 Å². The van der Waals surface area contributed by atoms with Gasteiger partial charge < -0.3 is 121 Å². The van der Waals surface area contributed by atoms with Gasteiger partial charge in [0.15, 0.2) is 0 Å². The fourth-order valence-electron chi connectivity index (χ4n) is 12.5. The largest absolute Gasteiger partial charge is 0.481 e. The Morgan fingerprint density at radius 2 is 1.00 bits per heavy atom. The summed E-state index contributed by atoms with van der Waals surface area (Å²) in [7, 11) is 3.28. The van der Waals surface area contributed by atoms with Gasteiger partial charge >= 0.3 is 11.9 Å². The number of hydrogen-bond acceptors (Lipinski definition) is 27. The first-order valence-electron chi connectivity index (χ1n) is 37.4. The molecule has 636 valence electrons. The van der Waals surface area contributed by atoms with Crippen molar-refractivity contribution in [3.8, 4) is 0 Å². The first-order valence-corrected chi connectivity index (χ1v) is 42.4. The standard InChI is InChI=1S/C68H104N22O21S4/c1-6-33(4)53-66(109)84-43(54(71)97)26-112-114-29-46-62(105)83-42(25-91)59(102)82-41(20-36-24-73-31-75-36)68(111)89-17-9-12-47(89)63(106)76-34(5)55(98)85-45(28-115-113-27-44(60(103)86-46)77-49(92)22-70)61(104)78-37(11-7-8-16-69)56(99)87-52(32(2)3)65(108)80-39(21-51(95)96)58(101)81-40(19-35-23-72-30-74-35)67(110)90-18-10-13-48(90)64(107)79-38(57(100)88-53)14-15-50(93)94/h23-24,30-34,37-48,52-53,91H,6-22,25-29,69-70H2,1-5H3,(H2,71,97)(H,72,74)(H,73,75)(H,76,106)(H,77,92)(H,78,104)(H,79,107)(H,80,108)(H,81,101)(H,82,102)(H,83,105)(H,84,109)(H,85,98)(H,86,103)(H,87,99)(H,88,100)(H,93,94)(H,95,96)/t33-,34-,37-,38-,39-,40-,41-,42-,43-,44-,45-,46-,47-,48-,52-,53-/m0/s1. The number of aromatic amines is 2. The van der Waals surface area contributed by atoms with E-state index >= 15 is 0 Å². The molecule has 24 N–H and O–H groups in total. The summed E-state index contributed by atoms with van der Waals surface area (Å²) < 4.78 is 0. The average Bonchev–Trinajstić information content (AvgIpc) is 1.73. The highest BCUT2D eigenvalue weighted by Crippen LogP contribution is 2.28. The molecule has 115 heavy (non-hydrogen) atoms. The Morgan fingerprint density at radius 3 is 1.50 bits per heavy atom. The summed E-state index contributed by atoms with van der Waals surface area (Å²) in [4.78, 5) is 271. The van der Waals surface area contributed by atoms with E-state index in [1.807, 2.05) is 0 Å². The summed E-state index contributed by atoms with van der Waals surface area (Å²) in [6, 6.07) is -24.3. The van der Waals surface area contributed by atoms with Gasteiger partial charge in [-0.05, 0) is 76.7 Å². The molecule has 16 amide bonds. The predicted octanol–water partition coefficient (Wildman–Crippen LogP) is -7.38. The Kier molecular flexibility index (Phi) is 38.1. The van der Waals surface area contributed by atoms with Gasteiger partial charge in [0.2, 0.25) is 94.5 Å². The van der Waals surface area contributed by atoms with Crippen LogP contribution < -0.4 is 86.3 Å². The third-order valence-electron chi connectivity index (χ3n) is 19.2. The number of aliphatic carboxylic acids is 2. The number of nitrogens with zero attached hydrogens (tertiary/aromatic N) is 4. The third-order valence-corrected chi connectivity index (χ3v) is 24.1. The first-order chi connectivity index (χ1) is 54.7. The maximum atomic E-state index is 14.9. The van der Waals surface area contributed by atoms with E-state index in [-0.39, 0.29) is 89.5 Å². The maximum absolute atomic E-state index is 14.9. The summed E-state index contributed by atoms with van der Waals surface area (Å²) in [5.41, 5.74) is 18.0. The smallest absolute Gasteiger partial charge is 0.305 e. The van der Waals surface area contributed by atoms with Crippen LogP contribution in [-0.2, 0) is 99.1 Å². The fourth-order valence-corrected chi connectivity index (χ4v) is 17.2. The quantitative estimate of drug-likeness (QED) is 0.0433. The molecule has 0 radical (unpaired) electrons. The minimum atomic E-state index is -2.00. The van der Waals surface area contributed by atoms with Crippen LogP contribution in [0.25, 0.3) is 0 Å². The SMILES string of the molecule is CC[C@H](C)[C@@H]1NC(=O)[C@H](CCC(=O)O)NC(=O)[C@@H]2CCCN2C(=O)[C@H](Cc2cnc[nH]2)NC(=O)[C@H](CC(=O)O)NC(=O)[C@H](C(C)C)NC(=O)[C@H](CCCCN)NC(=O)[C@@H]2CSSC[C@H](NC(=O)CN)C(=O)N[C@@H](CSSC[C@@H](C(N)=O)NC1=O)C(=O)N[C@@H](CO)C(=O)N[C@@H](Cc1cnc[nH]1)C(=O)N1CCC[C@H]1C(=O)N[C@@H](C)C(=O)N2. The maximum Gasteiger partial charge on any atom is 0.305 e. The molecule has 4 aliphatic heterocycles. The molecular formula is C68H104N22O21S4. The number of hydrogen-bond donors (Lipinski definition) is 21. The van der Waals surface area contributed by atoms with E-state index in [0.717, 1.165) is 53.0 Å². The summed E-state index contributed by atoms with van der Waals surface area (Å²) in [5, 5.41) is 63.6. The number of carboxylic acid groups (broad SMARTS) is 2. The molecule has 0 aliphatic carbocycles. The van der Waals surface area contributed by atoms with E-state index < -0.39 is 264 Å². The van der Waals surface area contributed by atoms with Crippen molar-refractivity contribution in [3.05, 3.63) is 36.4 Å². The Morgan fingerprint density at radius 1 is 0.530 bits per heavy atom. The van der Waals surface area contributed by atoms with Crippen LogP contribution in [0.1, 0.15) is 117 Å². The van der Waals surface area contributed by atoms with Gasteiger partial charge in [-0.15, -0.1) is 0 Å². The van der Waals surface area contributed by atoms with Crippen LogP contribution in [0, 0.1) is 11.8 Å². The lowest BCUT2D eigenvalue weighted by Crippen LogP contribution is -2.62. The second kappa shape index (κ2) is 46.6. The first kappa shape index (κ1) is 94.0. The Labute approximate surface area is 676 Å². The number of carbonyl (C=O) groups is 18. The van der Waals surface area contributed by atoms with Crippen LogP contribution in [0.2, 0.25) is 0 Å². The lowest BCUT2D eigenvalue weighted by Gasteiger charge is -2.31. The van der Waals surface area contributed by atoms with Crippen LogP contribution in [0.4, 0.5) is 0 Å². The molecule has 16 atom stereocenters. The number of nitrogens with two attached hydrogens (primary N) is 3. The van der Waals surface area contributed by atoms with E-state index in [1.165, 1.54) is 45.8 Å². The van der Waals surface area contributed by atoms with Crippen LogP contribution in [0.3, 0.4) is 0 Å². The molecule has 4 saturated heterocycles. The molecule has 0 saturated carbocycles. The predicted molar refractivity (Wildman–Crippen MR) is 416 cm³/mol. The molecule has 4 fully saturated rings. The van der Waals surface area contributed by atoms with Crippen molar-refractivity contribution in [2.45, 2.75) is 209 Å². The molecule has 0 spiro atoms. The number of aliphatic hydroxyl groups is 1. The van der Waals surface area contributed by atoms with Gasteiger partial charge in [-0.2, -0.15) is 0 Å². The molecule has 2 bridgehead atoms. The topological polar surface area (TPSA) is 666 Å². The lowest BCUT2D eigenvalue weighted by molar-refractivity contribution is -0.144. The molecule has 2 aromatic rings. The van der Waals surface area contributed by atoms with E-state index in [4.69, 9.17) is 17.2 Å². The lowest BCUT2D eigenvalue weighted by atomic mass is 9.97. The molecule has 43 nitrogen and oxygen atoms in total. The number of aliphatic hydroxyl groups excluding tert-OH is 1. The second-order valence-corrected chi connectivity index (χ2v) is 33.3. The number of amides is 16. The molecule has 6 rings (SSSR count). The third kappa shape index (κ3) is 28.8. The van der Waals surface area contributed by atoms with Crippen LogP contribution in [0.15, 0.2) is 25.0 Å². The number of carbonyl (C=O) groups excluding carboxylic acids is 16. The molecule has 2 aromatic heterocycles. The minimum Gasteiger partial charge on any atom is -0.481 e. The summed E-state index contributed by atoms with van der Waals surface area (Å²) in [6.45, 7) is 5.60. The second-order valence-electron chi connectivity index (χ2n) is 28.2. The average molecular weight is 1690 g/mol. The van der Waals surface area contributed by atoms with Crippen molar-refractivity contribution in [1.82, 2.24) is 98.9 Å². The summed E-state index contributed by atoms with van der Waals surface area (Å²) in [6.07, 6.45) is 3.01. The van der Waals surface area contributed by atoms with E-state index in [9.17, 15) is 102 Å². The molecule has 0 aromatic carbocycles. The normalized spacial score (nSPS) is 27.8. The summed E-state index contributed by atoms with van der Waals surface area (Å²) >= 11 is 0. The van der Waals surface area contributed by atoms with Gasteiger partial charge in [0.05, 0.1) is 32.2 Å². The Bertz CT molecular complexity index is 3770. The number of unbranched alkanes of at least 4 members (excludes halogenated alkanes) is 1. The minimum absolute atomic E-state index is 0.0427. The van der Waals surface area contributed by atoms with Gasteiger partial charge in [-0.3, -0.25) is 86.3 Å². The van der Waals surface area contributed by atoms with Gasteiger partial charge in [0.1, 0.15) is 90.6 Å². The van der Waals surface area contributed by atoms with Crippen molar-refractivity contribution < 1.29 is 102 Å². The van der Waals surface area contributed by atoms with Crippen LogP contribution >= 0.6 is 43.2 Å². The van der Waals surface area contributed by atoms with Gasteiger partial charge in [0, 0.05) is 79.1 Å². The number of H-pyrrole nitrogens is 2. The van der Waals surface area contributed by atoms with Crippen molar-refractivity contribution in [2.75, 3.05) is 55.8 Å². The zero-order chi connectivity index (χ0) is 84.8. The number of fused-ring (bicyclic) bond motifs is 10. The van der Waals surface area contributed by atoms with Crippen molar-refractivity contribution >= 4 is 150 Å². The van der Waals surface area contributed by atoms with Crippen molar-refractivity contribution in [2.24, 2.45) is 29.0 Å². The van der Waals surface area contributed by atoms with E-state index in [1.54, 1.807) is 13.8 Å². The monoisotopic (exact) mass is 1690 g/mol. The molecule has 0 unspecified atom stereocenters. The number of imidazole rings is 2. The van der Waals surface area contributed by atoms with Crippen LogP contribution in [-0.4, -0.2) is 298 Å². The van der Waals surface area contributed by atoms with Gasteiger partial charge in [-0.25, -0.2) is 9.97 Å². The number of carboxylic acids is 2. The fraction of sp³-hybridized carbons (Fsp3) is 0.647. The Balaban J connectivity index is 1.47. The molecule has 47 heteroatoms. The molecule has 4 aliphatic rings. The van der Waals surface area contributed by atoms with E-state index in [0.29, 0.717) is 5.69 Å². The molecule has 6 heterocycles. The number of nitrogens with one attached hydrogen (secondary N) is 15.